The minimum absolute atomic E-state index is 0.147. The second kappa shape index (κ2) is 6.29. The Morgan fingerprint density at radius 3 is 2.92 bits per heavy atom. The van der Waals surface area contributed by atoms with Gasteiger partial charge < -0.3 is 15.0 Å². The molecule has 24 heavy (non-hydrogen) atoms. The molecule has 124 valence electrons. The van der Waals surface area contributed by atoms with E-state index in [4.69, 9.17) is 4.74 Å². The van der Waals surface area contributed by atoms with Gasteiger partial charge in [-0.15, -0.1) is 0 Å². The maximum absolute atomic E-state index is 6.14. The Labute approximate surface area is 142 Å². The second-order valence-electron chi connectivity index (χ2n) is 6.61. The highest BCUT2D eigenvalue weighted by atomic mass is 16.5. The number of aromatic nitrogens is 2. The van der Waals surface area contributed by atoms with E-state index < -0.39 is 0 Å². The van der Waals surface area contributed by atoms with E-state index in [0.717, 1.165) is 29.1 Å². The first-order valence-corrected chi connectivity index (χ1v) is 8.65. The van der Waals surface area contributed by atoms with Gasteiger partial charge in [0, 0.05) is 28.7 Å². The van der Waals surface area contributed by atoms with Crippen LogP contribution in [-0.4, -0.2) is 28.7 Å². The Balaban J connectivity index is 1.62. The Bertz CT molecular complexity index is 849. The fourth-order valence-corrected chi connectivity index (χ4v) is 3.60. The van der Waals surface area contributed by atoms with Crippen LogP contribution in [0.5, 0.6) is 5.75 Å². The average Bonchev–Trinajstić information content (AvgIpc) is 3.24. The lowest BCUT2D eigenvalue weighted by Gasteiger charge is -2.21. The average molecular weight is 321 g/mol. The zero-order chi connectivity index (χ0) is 16.5. The number of H-pyrrole nitrogens is 1. The monoisotopic (exact) mass is 321 g/mol. The number of nitrogens with zero attached hydrogens (tertiary/aromatic N) is 1. The Kier molecular flexibility index (Phi) is 3.98. The highest BCUT2D eigenvalue weighted by Gasteiger charge is 2.22. The van der Waals surface area contributed by atoms with Gasteiger partial charge in [-0.3, -0.25) is 4.98 Å². The minimum atomic E-state index is 0.147. The van der Waals surface area contributed by atoms with Crippen molar-refractivity contribution >= 4 is 10.9 Å². The summed E-state index contributed by atoms with van der Waals surface area (Å²) in [7, 11) is 0. The van der Waals surface area contributed by atoms with Crippen LogP contribution in [0.4, 0.5) is 0 Å². The molecule has 1 aromatic carbocycles. The van der Waals surface area contributed by atoms with Crippen molar-refractivity contribution in [2.75, 3.05) is 6.54 Å². The van der Waals surface area contributed by atoms with Crippen LogP contribution in [0.3, 0.4) is 0 Å². The van der Waals surface area contributed by atoms with Gasteiger partial charge in [0.15, 0.2) is 0 Å². The molecule has 0 amide bonds. The Hall–Kier alpha value is -2.33. The van der Waals surface area contributed by atoms with Crippen LogP contribution in [0.1, 0.15) is 25.3 Å². The van der Waals surface area contributed by atoms with Gasteiger partial charge in [0.2, 0.25) is 0 Å². The smallest absolute Gasteiger partial charge is 0.138 e. The summed E-state index contributed by atoms with van der Waals surface area (Å²) in [4.78, 5) is 7.89. The normalized spacial score (nSPS) is 18.8. The van der Waals surface area contributed by atoms with Crippen molar-refractivity contribution in [2.24, 2.45) is 0 Å². The van der Waals surface area contributed by atoms with Gasteiger partial charge in [0.25, 0.3) is 0 Å². The number of para-hydroxylation sites is 1. The van der Waals surface area contributed by atoms with Crippen molar-refractivity contribution in [2.45, 2.75) is 38.8 Å². The van der Waals surface area contributed by atoms with E-state index in [1.807, 2.05) is 6.20 Å². The zero-order valence-corrected chi connectivity index (χ0v) is 14.2. The summed E-state index contributed by atoms with van der Waals surface area (Å²) < 4.78 is 6.14. The molecule has 0 bridgehead atoms. The fourth-order valence-electron chi connectivity index (χ4n) is 3.60. The van der Waals surface area contributed by atoms with Gasteiger partial charge >= 0.3 is 0 Å². The van der Waals surface area contributed by atoms with Crippen LogP contribution in [-0.2, 0) is 0 Å². The molecule has 2 atom stereocenters. The second-order valence-corrected chi connectivity index (χ2v) is 6.61. The molecule has 4 nitrogen and oxygen atoms in total. The lowest BCUT2D eigenvalue weighted by atomic mass is 10.1. The lowest BCUT2D eigenvalue weighted by Crippen LogP contribution is -2.36. The van der Waals surface area contributed by atoms with Crippen LogP contribution in [0.15, 0.2) is 42.7 Å². The number of aryl methyl sites for hydroxylation is 1. The molecule has 3 heterocycles. The van der Waals surface area contributed by atoms with Crippen molar-refractivity contribution < 1.29 is 4.74 Å². The number of rotatable bonds is 4. The molecule has 4 rings (SSSR count). The molecule has 0 aliphatic carbocycles. The molecule has 2 N–H and O–H groups in total. The molecule has 1 saturated heterocycles. The van der Waals surface area contributed by atoms with Crippen molar-refractivity contribution in [3.8, 4) is 17.0 Å². The quantitative estimate of drug-likeness (QED) is 0.762. The van der Waals surface area contributed by atoms with Crippen LogP contribution >= 0.6 is 0 Å². The highest BCUT2D eigenvalue weighted by molar-refractivity contribution is 5.90. The third-order valence-electron chi connectivity index (χ3n) is 4.95. The molecule has 1 unspecified atom stereocenters. The summed E-state index contributed by atoms with van der Waals surface area (Å²) in [5.41, 5.74) is 4.57. The van der Waals surface area contributed by atoms with Gasteiger partial charge in [0.1, 0.15) is 11.9 Å². The predicted octanol–water partition coefficient (Wildman–Crippen LogP) is 4.06. The summed E-state index contributed by atoms with van der Waals surface area (Å²) in [5, 5.41) is 4.75. The zero-order valence-electron chi connectivity index (χ0n) is 14.2. The molecular formula is C20H23N3O. The van der Waals surface area contributed by atoms with Crippen LogP contribution in [0, 0.1) is 6.92 Å². The van der Waals surface area contributed by atoms with Gasteiger partial charge in [0.05, 0.1) is 11.9 Å². The number of pyridine rings is 1. The summed E-state index contributed by atoms with van der Waals surface area (Å²) in [5.74, 6) is 0.826. The van der Waals surface area contributed by atoms with Gasteiger partial charge in [-0.2, -0.15) is 0 Å². The first kappa shape index (κ1) is 15.2. The predicted molar refractivity (Wildman–Crippen MR) is 97.4 cm³/mol. The number of aromatic amines is 1. The van der Waals surface area contributed by atoms with Gasteiger partial charge in [-0.1, -0.05) is 18.2 Å². The summed E-state index contributed by atoms with van der Waals surface area (Å²) in [6, 6.07) is 10.9. The maximum Gasteiger partial charge on any atom is 0.138 e. The topological polar surface area (TPSA) is 49.9 Å². The van der Waals surface area contributed by atoms with E-state index in [-0.39, 0.29) is 6.10 Å². The standard InChI is InChI=1S/C20H23N3O/c1-13-17-6-3-4-7-19(17)23-20(13)15-10-16(12-21-11-15)24-14(2)18-8-5-9-22-18/h3-4,6-7,10-12,14,18,22-23H,5,8-9H2,1-2H3/t14?,18-/m0/s1. The van der Waals surface area contributed by atoms with E-state index in [1.54, 1.807) is 6.20 Å². The molecule has 0 spiro atoms. The van der Waals surface area contributed by atoms with E-state index in [0.29, 0.717) is 6.04 Å². The number of fused-ring (bicyclic) bond motifs is 1. The lowest BCUT2D eigenvalue weighted by molar-refractivity contribution is 0.179. The molecule has 1 aliphatic heterocycles. The Morgan fingerprint density at radius 2 is 2.12 bits per heavy atom. The molecular weight excluding hydrogens is 298 g/mol. The summed E-state index contributed by atoms with van der Waals surface area (Å²) in [6.07, 6.45) is 6.24. The third-order valence-corrected chi connectivity index (χ3v) is 4.95. The van der Waals surface area contributed by atoms with Crippen LogP contribution < -0.4 is 10.1 Å². The molecule has 0 saturated carbocycles. The maximum atomic E-state index is 6.14. The van der Waals surface area contributed by atoms with E-state index in [2.05, 4.69) is 59.5 Å². The third kappa shape index (κ3) is 2.78. The molecule has 1 aliphatic rings. The molecule has 2 aromatic heterocycles. The molecule has 3 aromatic rings. The van der Waals surface area contributed by atoms with E-state index in [1.165, 1.54) is 23.8 Å². The Morgan fingerprint density at radius 1 is 1.25 bits per heavy atom. The number of benzene rings is 1. The van der Waals surface area contributed by atoms with Crippen molar-refractivity contribution in [3.05, 3.63) is 48.3 Å². The molecule has 0 radical (unpaired) electrons. The largest absolute Gasteiger partial charge is 0.487 e. The van der Waals surface area contributed by atoms with E-state index >= 15 is 0 Å². The van der Waals surface area contributed by atoms with Crippen molar-refractivity contribution in [1.82, 2.24) is 15.3 Å². The summed E-state index contributed by atoms with van der Waals surface area (Å²) >= 11 is 0. The van der Waals surface area contributed by atoms with Crippen LogP contribution in [0.25, 0.3) is 22.2 Å². The van der Waals surface area contributed by atoms with E-state index in [9.17, 15) is 0 Å². The van der Waals surface area contributed by atoms with Crippen LogP contribution in [0.2, 0.25) is 0 Å². The molecule has 1 fully saturated rings. The SMILES string of the molecule is Cc1c(-c2cncc(OC(C)[C@@H]3CCCN3)c2)[nH]c2ccccc12. The number of nitrogens with one attached hydrogen (secondary N) is 2. The van der Waals surface area contributed by atoms with Gasteiger partial charge in [-0.25, -0.2) is 0 Å². The minimum Gasteiger partial charge on any atom is -0.487 e. The number of ether oxygens (including phenoxy) is 1. The highest BCUT2D eigenvalue weighted by Crippen LogP contribution is 2.31. The first-order chi connectivity index (χ1) is 11.7. The number of hydrogen-bond donors (Lipinski definition) is 2. The summed E-state index contributed by atoms with van der Waals surface area (Å²) in [6.45, 7) is 5.36. The first-order valence-electron chi connectivity index (χ1n) is 8.65. The fraction of sp³-hybridized carbons (Fsp3) is 0.350. The van der Waals surface area contributed by atoms with Crippen molar-refractivity contribution in [3.63, 3.8) is 0 Å². The number of hydrogen-bond acceptors (Lipinski definition) is 3. The van der Waals surface area contributed by atoms with Gasteiger partial charge in [-0.05, 0) is 50.9 Å². The molecule has 4 heteroatoms. The van der Waals surface area contributed by atoms with Crippen molar-refractivity contribution in [1.29, 1.82) is 0 Å².